The van der Waals surface area contributed by atoms with Crippen LogP contribution in [0.1, 0.15) is 31.1 Å². The van der Waals surface area contributed by atoms with Crippen molar-refractivity contribution in [1.29, 1.82) is 0 Å². The highest BCUT2D eigenvalue weighted by molar-refractivity contribution is 5.87. The number of carbonyl (C=O) groups is 1. The van der Waals surface area contributed by atoms with Gasteiger partial charge in [-0.05, 0) is 20.8 Å². The zero-order chi connectivity index (χ0) is 12.5. The molecule has 6 heteroatoms. The summed E-state index contributed by atoms with van der Waals surface area (Å²) in [4.78, 5) is 22.7. The van der Waals surface area contributed by atoms with Gasteiger partial charge in [-0.2, -0.15) is 0 Å². The quantitative estimate of drug-likeness (QED) is 0.802. The summed E-state index contributed by atoms with van der Waals surface area (Å²) in [5, 5.41) is 12.8. The van der Waals surface area contributed by atoms with Crippen molar-refractivity contribution >= 4 is 5.97 Å². The van der Waals surface area contributed by atoms with Gasteiger partial charge in [0.1, 0.15) is 5.56 Å². The molecule has 0 aliphatic heterocycles. The second kappa shape index (κ2) is 3.96. The summed E-state index contributed by atoms with van der Waals surface area (Å²) in [6.07, 6.45) is 0. The van der Waals surface area contributed by atoms with Gasteiger partial charge in [0, 0.05) is 6.07 Å². The van der Waals surface area contributed by atoms with Crippen LogP contribution in [-0.2, 0) is 5.54 Å². The normalized spacial score (nSPS) is 11.2. The first-order chi connectivity index (χ1) is 7.27. The molecule has 0 amide bonds. The molecule has 16 heavy (non-hydrogen) atoms. The van der Waals surface area contributed by atoms with Gasteiger partial charge in [-0.15, -0.1) is 5.10 Å². The van der Waals surface area contributed by atoms with Crippen LogP contribution in [-0.4, -0.2) is 28.0 Å². The van der Waals surface area contributed by atoms with Crippen LogP contribution in [0.15, 0.2) is 10.9 Å². The largest absolute Gasteiger partial charge is 0.480 e. The minimum atomic E-state index is -1.29. The molecule has 0 unspecified atom stereocenters. The van der Waals surface area contributed by atoms with E-state index in [2.05, 4.69) is 5.10 Å². The molecule has 0 aliphatic rings. The highest BCUT2D eigenvalue weighted by Crippen LogP contribution is 2.13. The molecule has 0 saturated heterocycles. The zero-order valence-electron chi connectivity index (χ0n) is 9.64. The molecule has 0 radical (unpaired) electrons. The number of ether oxygens (including phenoxy) is 1. The molecular weight excluding hydrogens is 212 g/mol. The third kappa shape index (κ3) is 2.21. The van der Waals surface area contributed by atoms with E-state index in [-0.39, 0.29) is 11.4 Å². The molecule has 1 heterocycles. The average molecular weight is 226 g/mol. The molecule has 0 spiro atoms. The van der Waals surface area contributed by atoms with E-state index in [0.717, 1.165) is 10.7 Å². The number of aromatic nitrogens is 2. The summed E-state index contributed by atoms with van der Waals surface area (Å²) in [7, 11) is 1.37. The number of carboxylic acids is 1. The molecule has 0 atom stereocenters. The first kappa shape index (κ1) is 12.2. The highest BCUT2D eigenvalue weighted by Gasteiger charge is 2.22. The first-order valence-electron chi connectivity index (χ1n) is 4.69. The molecule has 0 saturated carbocycles. The van der Waals surface area contributed by atoms with Crippen molar-refractivity contribution in [2.45, 2.75) is 26.3 Å². The fourth-order valence-electron chi connectivity index (χ4n) is 1.18. The summed E-state index contributed by atoms with van der Waals surface area (Å²) < 4.78 is 5.97. The van der Waals surface area contributed by atoms with Crippen molar-refractivity contribution in [3.05, 3.63) is 22.0 Å². The topological polar surface area (TPSA) is 81.4 Å². The fraction of sp³-hybridized carbons (Fsp3) is 0.500. The number of rotatable bonds is 2. The van der Waals surface area contributed by atoms with Crippen molar-refractivity contribution in [1.82, 2.24) is 9.78 Å². The van der Waals surface area contributed by atoms with E-state index in [4.69, 9.17) is 9.84 Å². The van der Waals surface area contributed by atoms with Gasteiger partial charge in [0.05, 0.1) is 12.6 Å². The Morgan fingerprint density at radius 2 is 2.06 bits per heavy atom. The molecule has 0 bridgehead atoms. The van der Waals surface area contributed by atoms with Gasteiger partial charge in [0.25, 0.3) is 5.56 Å². The fourth-order valence-corrected chi connectivity index (χ4v) is 1.18. The van der Waals surface area contributed by atoms with Crippen LogP contribution in [0.5, 0.6) is 5.88 Å². The molecule has 0 aromatic carbocycles. The maximum atomic E-state index is 11.8. The lowest BCUT2D eigenvalue weighted by atomic mass is 10.1. The number of carboxylic acid groups (broad SMARTS) is 1. The second-order valence-electron chi connectivity index (χ2n) is 4.29. The Morgan fingerprint density at radius 1 is 1.50 bits per heavy atom. The number of hydrogen-bond acceptors (Lipinski definition) is 4. The predicted octanol–water partition coefficient (Wildman–Crippen LogP) is 0.705. The van der Waals surface area contributed by atoms with Crippen molar-refractivity contribution in [3.63, 3.8) is 0 Å². The number of nitrogens with zero attached hydrogens (tertiary/aromatic N) is 2. The Labute approximate surface area is 92.5 Å². The van der Waals surface area contributed by atoms with Crippen LogP contribution in [0.4, 0.5) is 0 Å². The molecule has 6 nitrogen and oxygen atoms in total. The molecular formula is C10H14N2O4. The van der Waals surface area contributed by atoms with Gasteiger partial charge in [-0.1, -0.05) is 0 Å². The summed E-state index contributed by atoms with van der Waals surface area (Å²) in [5.74, 6) is -1.18. The van der Waals surface area contributed by atoms with Crippen LogP contribution < -0.4 is 10.3 Å². The number of methoxy groups -OCH3 is 1. The van der Waals surface area contributed by atoms with Gasteiger partial charge >= 0.3 is 5.97 Å². The third-order valence-electron chi connectivity index (χ3n) is 1.96. The summed E-state index contributed by atoms with van der Waals surface area (Å²) in [6, 6.07) is 1.12. The lowest BCUT2D eigenvalue weighted by molar-refractivity contribution is 0.0692. The molecule has 0 aliphatic carbocycles. The van der Waals surface area contributed by atoms with Crippen molar-refractivity contribution in [2.24, 2.45) is 0 Å². The minimum absolute atomic E-state index is 0.104. The van der Waals surface area contributed by atoms with Crippen LogP contribution >= 0.6 is 0 Å². The summed E-state index contributed by atoms with van der Waals surface area (Å²) >= 11 is 0. The second-order valence-corrected chi connectivity index (χ2v) is 4.29. The van der Waals surface area contributed by atoms with Crippen LogP contribution in [0.25, 0.3) is 0 Å². The molecule has 1 aromatic heterocycles. The Bertz CT molecular complexity index is 471. The number of hydrogen-bond donors (Lipinski definition) is 1. The first-order valence-corrected chi connectivity index (χ1v) is 4.69. The van der Waals surface area contributed by atoms with Gasteiger partial charge in [0.2, 0.25) is 5.88 Å². The van der Waals surface area contributed by atoms with E-state index in [1.807, 2.05) is 0 Å². The third-order valence-corrected chi connectivity index (χ3v) is 1.96. The molecule has 1 N–H and O–H groups in total. The highest BCUT2D eigenvalue weighted by atomic mass is 16.5. The van der Waals surface area contributed by atoms with E-state index in [0.29, 0.717) is 0 Å². The van der Waals surface area contributed by atoms with E-state index in [1.165, 1.54) is 7.11 Å². The maximum absolute atomic E-state index is 11.8. The number of aromatic carboxylic acids is 1. The maximum Gasteiger partial charge on any atom is 0.341 e. The van der Waals surface area contributed by atoms with Crippen LogP contribution in [0.2, 0.25) is 0 Å². The Balaban J connectivity index is 3.57. The molecule has 1 aromatic rings. The Morgan fingerprint density at radius 3 is 2.44 bits per heavy atom. The molecule has 1 rings (SSSR count). The van der Waals surface area contributed by atoms with Gasteiger partial charge in [-0.3, -0.25) is 4.79 Å². The summed E-state index contributed by atoms with van der Waals surface area (Å²) in [5.41, 5.74) is -1.59. The van der Waals surface area contributed by atoms with Crippen LogP contribution in [0.3, 0.4) is 0 Å². The van der Waals surface area contributed by atoms with Crippen molar-refractivity contribution in [3.8, 4) is 5.88 Å². The zero-order valence-corrected chi connectivity index (χ0v) is 9.64. The Kier molecular flexibility index (Phi) is 3.02. The van der Waals surface area contributed by atoms with E-state index in [1.54, 1.807) is 20.8 Å². The summed E-state index contributed by atoms with van der Waals surface area (Å²) in [6.45, 7) is 5.27. The van der Waals surface area contributed by atoms with Crippen molar-refractivity contribution in [2.75, 3.05) is 7.11 Å². The molecule has 0 fully saturated rings. The molecule has 88 valence electrons. The average Bonchev–Trinajstić information content (AvgIpc) is 2.15. The monoisotopic (exact) mass is 226 g/mol. The van der Waals surface area contributed by atoms with Crippen LogP contribution in [0, 0.1) is 0 Å². The van der Waals surface area contributed by atoms with E-state index >= 15 is 0 Å². The lowest BCUT2D eigenvalue weighted by Crippen LogP contribution is -2.38. The van der Waals surface area contributed by atoms with Gasteiger partial charge in [0.15, 0.2) is 0 Å². The van der Waals surface area contributed by atoms with E-state index < -0.39 is 17.1 Å². The minimum Gasteiger partial charge on any atom is -0.480 e. The van der Waals surface area contributed by atoms with Gasteiger partial charge < -0.3 is 9.84 Å². The smallest absolute Gasteiger partial charge is 0.341 e. The SMILES string of the molecule is COc1cc(C(=O)O)c(=O)n(C(C)(C)C)n1. The van der Waals surface area contributed by atoms with Crippen molar-refractivity contribution < 1.29 is 14.6 Å². The standard InChI is InChI=1S/C10H14N2O4/c1-10(2,3)12-8(13)6(9(14)15)5-7(11-12)16-4/h5H,1-4H3,(H,14,15). The predicted molar refractivity (Wildman–Crippen MR) is 57.0 cm³/mol. The van der Waals surface area contributed by atoms with E-state index in [9.17, 15) is 9.59 Å². The lowest BCUT2D eigenvalue weighted by Gasteiger charge is -2.21. The van der Waals surface area contributed by atoms with Gasteiger partial charge in [-0.25, -0.2) is 9.48 Å². The Hall–Kier alpha value is -1.85.